The van der Waals surface area contributed by atoms with Crippen LogP contribution in [0.2, 0.25) is 0 Å². The first-order valence-electron chi connectivity index (χ1n) is 3.85. The second-order valence-electron chi connectivity index (χ2n) is 3.75. The van der Waals surface area contributed by atoms with Gasteiger partial charge in [0.15, 0.2) is 0 Å². The van der Waals surface area contributed by atoms with E-state index in [9.17, 15) is 0 Å². The smallest absolute Gasteiger partial charge is 0.281 e. The van der Waals surface area contributed by atoms with Crippen LogP contribution in [0.25, 0.3) is 4.85 Å². The third-order valence-electron chi connectivity index (χ3n) is 1.72. The van der Waals surface area contributed by atoms with Gasteiger partial charge in [-0.1, -0.05) is 0 Å². The first kappa shape index (κ1) is 8.51. The van der Waals surface area contributed by atoms with Crippen molar-refractivity contribution in [2.45, 2.75) is 39.0 Å². The minimum atomic E-state index is -0.241. The maximum absolute atomic E-state index is 6.77. The Kier molecular flexibility index (Phi) is 2.17. The lowest BCUT2D eigenvalue weighted by Gasteiger charge is -2.28. The Balaban J connectivity index is 2.50. The van der Waals surface area contributed by atoms with Crippen molar-refractivity contribution in [3.63, 3.8) is 0 Å². The fourth-order valence-corrected chi connectivity index (χ4v) is 1.06. The second kappa shape index (κ2) is 2.80. The van der Waals surface area contributed by atoms with Gasteiger partial charge in [-0.15, -0.1) is 0 Å². The molecule has 0 spiro atoms. The summed E-state index contributed by atoms with van der Waals surface area (Å²) in [6.45, 7) is 13.9. The fraction of sp³-hybridized carbons (Fsp3) is 0.875. The van der Waals surface area contributed by atoms with Gasteiger partial charge in [-0.3, -0.25) is 4.85 Å². The standard InChI is InChI=1S/C8H14N2O/c1-8(2,3)10-6-5-7(9-4)11-10/h7H,5-6H2,1-3H3/t7-/m1/s1. The topological polar surface area (TPSA) is 16.8 Å². The minimum Gasteiger partial charge on any atom is -0.281 e. The Morgan fingerprint density at radius 3 is 2.45 bits per heavy atom. The highest BCUT2D eigenvalue weighted by atomic mass is 16.7. The molecule has 0 saturated carbocycles. The maximum atomic E-state index is 6.77. The van der Waals surface area contributed by atoms with E-state index in [2.05, 4.69) is 25.6 Å². The molecule has 3 heteroatoms. The summed E-state index contributed by atoms with van der Waals surface area (Å²) in [5.41, 5.74) is 0.0272. The van der Waals surface area contributed by atoms with Crippen LogP contribution in [-0.2, 0) is 4.84 Å². The largest absolute Gasteiger partial charge is 0.344 e. The summed E-state index contributed by atoms with van der Waals surface area (Å²) < 4.78 is 0. The zero-order chi connectivity index (χ0) is 8.48. The van der Waals surface area contributed by atoms with E-state index in [1.165, 1.54) is 0 Å². The molecule has 1 rings (SSSR count). The van der Waals surface area contributed by atoms with Crippen LogP contribution in [0.1, 0.15) is 27.2 Å². The van der Waals surface area contributed by atoms with E-state index in [0.29, 0.717) is 0 Å². The summed E-state index contributed by atoms with van der Waals surface area (Å²) in [5, 5.41) is 1.88. The molecule has 62 valence electrons. The molecular weight excluding hydrogens is 140 g/mol. The Labute approximate surface area is 67.7 Å². The van der Waals surface area contributed by atoms with Crippen LogP contribution in [-0.4, -0.2) is 23.4 Å². The highest BCUT2D eigenvalue weighted by Gasteiger charge is 2.34. The SMILES string of the molecule is [C-]#[N+][C@H]1CCN(C(C)(C)C)O1. The first-order chi connectivity index (χ1) is 5.04. The molecule has 1 heterocycles. The van der Waals surface area contributed by atoms with Gasteiger partial charge < -0.3 is 0 Å². The molecule has 0 aromatic heterocycles. The average molecular weight is 154 g/mol. The number of hydroxylamine groups is 2. The molecule has 0 bridgehead atoms. The Bertz CT molecular complexity index is 178. The van der Waals surface area contributed by atoms with Crippen molar-refractivity contribution in [3.05, 3.63) is 11.4 Å². The van der Waals surface area contributed by atoms with Crippen molar-refractivity contribution >= 4 is 0 Å². The lowest BCUT2D eigenvalue weighted by atomic mass is 10.1. The highest BCUT2D eigenvalue weighted by molar-refractivity contribution is 4.80. The summed E-state index contributed by atoms with van der Waals surface area (Å²) in [4.78, 5) is 8.69. The molecule has 0 N–H and O–H groups in total. The fourth-order valence-electron chi connectivity index (χ4n) is 1.06. The normalized spacial score (nSPS) is 26.9. The van der Waals surface area contributed by atoms with Crippen molar-refractivity contribution in [2.24, 2.45) is 0 Å². The van der Waals surface area contributed by atoms with Gasteiger partial charge in [0.1, 0.15) is 0 Å². The zero-order valence-electron chi connectivity index (χ0n) is 7.29. The van der Waals surface area contributed by atoms with Gasteiger partial charge in [-0.2, -0.15) is 5.06 Å². The van der Waals surface area contributed by atoms with Crippen LogP contribution in [0.5, 0.6) is 0 Å². The van der Waals surface area contributed by atoms with Crippen molar-refractivity contribution in [1.82, 2.24) is 5.06 Å². The van der Waals surface area contributed by atoms with Crippen LogP contribution in [0.15, 0.2) is 0 Å². The summed E-state index contributed by atoms with van der Waals surface area (Å²) in [5.74, 6) is 0. The summed E-state index contributed by atoms with van der Waals surface area (Å²) in [6.07, 6.45) is 0.593. The van der Waals surface area contributed by atoms with E-state index >= 15 is 0 Å². The van der Waals surface area contributed by atoms with Crippen molar-refractivity contribution in [1.29, 1.82) is 0 Å². The molecule has 3 nitrogen and oxygen atoms in total. The molecular formula is C8H14N2O. The van der Waals surface area contributed by atoms with Gasteiger partial charge in [0.2, 0.25) is 0 Å². The van der Waals surface area contributed by atoms with E-state index < -0.39 is 0 Å². The van der Waals surface area contributed by atoms with E-state index in [-0.39, 0.29) is 11.8 Å². The Hall–Kier alpha value is -0.590. The zero-order valence-corrected chi connectivity index (χ0v) is 7.29. The number of nitrogens with zero attached hydrogens (tertiary/aromatic N) is 2. The van der Waals surface area contributed by atoms with Gasteiger partial charge in [0, 0.05) is 12.1 Å². The van der Waals surface area contributed by atoms with E-state index in [4.69, 9.17) is 11.4 Å². The number of rotatable bonds is 0. The number of hydrogen-bond donors (Lipinski definition) is 0. The van der Waals surface area contributed by atoms with Crippen molar-refractivity contribution < 1.29 is 4.84 Å². The molecule has 1 atom stereocenters. The molecule has 1 aliphatic heterocycles. The molecule has 0 radical (unpaired) electrons. The molecule has 11 heavy (non-hydrogen) atoms. The minimum absolute atomic E-state index is 0.0272. The number of hydrogen-bond acceptors (Lipinski definition) is 2. The third kappa shape index (κ3) is 1.92. The average Bonchev–Trinajstić information content (AvgIpc) is 2.32. The van der Waals surface area contributed by atoms with E-state index in [0.717, 1.165) is 13.0 Å². The summed E-state index contributed by atoms with van der Waals surface area (Å²) >= 11 is 0. The molecule has 0 unspecified atom stereocenters. The summed E-state index contributed by atoms with van der Waals surface area (Å²) in [6, 6.07) is 0. The lowest BCUT2D eigenvalue weighted by molar-refractivity contribution is -0.184. The molecule has 0 amide bonds. The molecule has 0 aromatic carbocycles. The molecule has 1 aliphatic rings. The summed E-state index contributed by atoms with van der Waals surface area (Å²) in [7, 11) is 0. The highest BCUT2D eigenvalue weighted by Crippen LogP contribution is 2.23. The predicted molar refractivity (Wildman–Crippen MR) is 42.6 cm³/mol. The first-order valence-corrected chi connectivity index (χ1v) is 3.85. The quantitative estimate of drug-likeness (QED) is 0.493. The van der Waals surface area contributed by atoms with Crippen LogP contribution in [0, 0.1) is 6.57 Å². The van der Waals surface area contributed by atoms with E-state index in [1.54, 1.807) is 0 Å². The Morgan fingerprint density at radius 2 is 2.18 bits per heavy atom. The van der Waals surface area contributed by atoms with E-state index in [1.807, 2.05) is 5.06 Å². The molecule has 0 aromatic rings. The van der Waals surface area contributed by atoms with Gasteiger partial charge in [0.25, 0.3) is 0 Å². The van der Waals surface area contributed by atoms with Crippen LogP contribution < -0.4 is 0 Å². The third-order valence-corrected chi connectivity index (χ3v) is 1.72. The van der Waals surface area contributed by atoms with Crippen molar-refractivity contribution in [3.8, 4) is 0 Å². The van der Waals surface area contributed by atoms with Gasteiger partial charge in [-0.05, 0) is 20.8 Å². The van der Waals surface area contributed by atoms with Crippen LogP contribution >= 0.6 is 0 Å². The van der Waals surface area contributed by atoms with Gasteiger partial charge >= 0.3 is 6.23 Å². The predicted octanol–water partition coefficient (Wildman–Crippen LogP) is 1.67. The second-order valence-corrected chi connectivity index (χ2v) is 3.75. The molecule has 1 fully saturated rings. The maximum Gasteiger partial charge on any atom is 0.344 e. The molecule has 0 aliphatic carbocycles. The van der Waals surface area contributed by atoms with Gasteiger partial charge in [0.05, 0.1) is 6.42 Å². The Morgan fingerprint density at radius 1 is 1.55 bits per heavy atom. The lowest BCUT2D eigenvalue weighted by Crippen LogP contribution is -2.38. The monoisotopic (exact) mass is 154 g/mol. The van der Waals surface area contributed by atoms with Crippen molar-refractivity contribution in [2.75, 3.05) is 6.54 Å². The van der Waals surface area contributed by atoms with Crippen LogP contribution in [0.4, 0.5) is 0 Å². The van der Waals surface area contributed by atoms with Crippen LogP contribution in [0.3, 0.4) is 0 Å². The molecule has 1 saturated heterocycles. The van der Waals surface area contributed by atoms with Gasteiger partial charge in [-0.25, -0.2) is 11.4 Å².